The first-order chi connectivity index (χ1) is 10.3. The molecule has 7 nitrogen and oxygen atoms in total. The lowest BCUT2D eigenvalue weighted by Gasteiger charge is -2.39. The van der Waals surface area contributed by atoms with E-state index in [-0.39, 0.29) is 19.1 Å². The predicted molar refractivity (Wildman–Crippen MR) is 79.8 cm³/mol. The number of aliphatic hydroxyl groups excluding tert-OH is 1. The number of fused-ring (bicyclic) bond motifs is 1. The molecule has 1 aromatic rings. The Morgan fingerprint density at radius 3 is 2.68 bits per heavy atom. The minimum atomic E-state index is -1.14. The summed E-state index contributed by atoms with van der Waals surface area (Å²) in [6, 6.07) is 3.24. The number of ether oxygens (including phenoxy) is 2. The van der Waals surface area contributed by atoms with Gasteiger partial charge in [0.1, 0.15) is 6.54 Å². The lowest BCUT2D eigenvalue weighted by molar-refractivity contribution is -0.134. The first-order valence-electron chi connectivity index (χ1n) is 7.00. The van der Waals surface area contributed by atoms with E-state index in [1.54, 1.807) is 26.0 Å². The molecule has 2 amide bonds. The zero-order valence-corrected chi connectivity index (χ0v) is 12.9. The van der Waals surface area contributed by atoms with Crippen molar-refractivity contribution in [3.8, 4) is 11.5 Å². The molecule has 3 N–H and O–H groups in total. The van der Waals surface area contributed by atoms with Gasteiger partial charge in [-0.2, -0.15) is 0 Å². The number of carbonyl (C=O) groups excluding carboxylic acids is 2. The van der Waals surface area contributed by atoms with Crippen LogP contribution in [0.4, 0.5) is 5.69 Å². The molecule has 0 fully saturated rings. The largest absolute Gasteiger partial charge is 0.490 e. The molecular weight excluding hydrogens is 288 g/mol. The Labute approximate surface area is 128 Å². The third kappa shape index (κ3) is 2.85. The van der Waals surface area contributed by atoms with Gasteiger partial charge in [0, 0.05) is 0 Å². The molecule has 1 heterocycles. The number of hydrogen-bond acceptors (Lipinski definition) is 5. The van der Waals surface area contributed by atoms with Crippen LogP contribution in [-0.4, -0.2) is 35.7 Å². The van der Waals surface area contributed by atoms with Crippen molar-refractivity contribution in [1.29, 1.82) is 0 Å². The molecule has 120 valence electrons. The van der Waals surface area contributed by atoms with E-state index in [2.05, 4.69) is 0 Å². The van der Waals surface area contributed by atoms with Crippen molar-refractivity contribution in [2.45, 2.75) is 33.0 Å². The highest BCUT2D eigenvalue weighted by Crippen LogP contribution is 2.45. The Morgan fingerprint density at radius 2 is 2.14 bits per heavy atom. The molecule has 7 heteroatoms. The van der Waals surface area contributed by atoms with Gasteiger partial charge in [-0.05, 0) is 38.5 Å². The number of nitrogens with zero attached hydrogens (tertiary/aromatic N) is 1. The monoisotopic (exact) mass is 308 g/mol. The first kappa shape index (κ1) is 16.1. The maximum Gasteiger partial charge on any atom is 0.271 e. The van der Waals surface area contributed by atoms with E-state index in [1.165, 1.54) is 4.90 Å². The average molecular weight is 308 g/mol. The number of benzene rings is 1. The molecule has 0 bridgehead atoms. The average Bonchev–Trinajstić information content (AvgIpc) is 2.44. The van der Waals surface area contributed by atoms with Gasteiger partial charge in [-0.3, -0.25) is 14.5 Å². The van der Waals surface area contributed by atoms with Crippen molar-refractivity contribution in [2.75, 3.05) is 18.1 Å². The highest BCUT2D eigenvalue weighted by molar-refractivity contribution is 6.06. The first-order valence-corrected chi connectivity index (χ1v) is 7.00. The summed E-state index contributed by atoms with van der Waals surface area (Å²) in [6.07, 6.45) is 0. The quantitative estimate of drug-likeness (QED) is 0.828. The lowest BCUT2D eigenvalue weighted by atomic mass is 10.0. The minimum absolute atomic E-state index is 0.227. The summed E-state index contributed by atoms with van der Waals surface area (Å²) in [4.78, 5) is 25.1. The Balaban J connectivity index is 2.63. The van der Waals surface area contributed by atoms with Crippen LogP contribution in [0.5, 0.6) is 11.5 Å². The summed E-state index contributed by atoms with van der Waals surface area (Å²) in [6.45, 7) is 4.95. The molecule has 1 aliphatic heterocycles. The van der Waals surface area contributed by atoms with E-state index >= 15 is 0 Å². The van der Waals surface area contributed by atoms with Crippen LogP contribution in [0.1, 0.15) is 26.3 Å². The van der Waals surface area contributed by atoms with E-state index in [4.69, 9.17) is 15.2 Å². The zero-order chi connectivity index (χ0) is 16.5. The fourth-order valence-corrected chi connectivity index (χ4v) is 2.35. The van der Waals surface area contributed by atoms with Crippen LogP contribution in [0.2, 0.25) is 0 Å². The number of anilines is 1. The molecule has 0 saturated carbocycles. The number of aliphatic hydroxyl groups is 1. The van der Waals surface area contributed by atoms with Gasteiger partial charge in [0.05, 0.1) is 18.9 Å². The fraction of sp³-hybridized carbons (Fsp3) is 0.467. The van der Waals surface area contributed by atoms with Gasteiger partial charge in [-0.15, -0.1) is 0 Å². The summed E-state index contributed by atoms with van der Waals surface area (Å²) in [7, 11) is 0. The molecule has 0 aromatic heterocycles. The zero-order valence-electron chi connectivity index (χ0n) is 12.9. The van der Waals surface area contributed by atoms with Gasteiger partial charge < -0.3 is 20.3 Å². The van der Waals surface area contributed by atoms with Crippen molar-refractivity contribution < 1.29 is 24.2 Å². The molecule has 0 unspecified atom stereocenters. The third-order valence-electron chi connectivity index (χ3n) is 3.30. The summed E-state index contributed by atoms with van der Waals surface area (Å²) < 4.78 is 11.3. The summed E-state index contributed by atoms with van der Waals surface area (Å²) in [5.74, 6) is -0.232. The molecular formula is C15H20N2O5. The van der Waals surface area contributed by atoms with Gasteiger partial charge in [0.2, 0.25) is 5.91 Å². The van der Waals surface area contributed by atoms with E-state index < -0.39 is 11.5 Å². The van der Waals surface area contributed by atoms with Crippen LogP contribution in [0.25, 0.3) is 0 Å². The molecule has 0 spiro atoms. The second-order valence-corrected chi connectivity index (χ2v) is 5.50. The SMILES string of the molecule is CCOc1cc(CO)cc2c1OC(C)(C)C(=O)N2CC(N)=O. The van der Waals surface area contributed by atoms with Gasteiger partial charge in [-0.25, -0.2) is 0 Å². The Hall–Kier alpha value is -2.28. The molecule has 0 atom stereocenters. The van der Waals surface area contributed by atoms with Crippen LogP contribution in [0.3, 0.4) is 0 Å². The van der Waals surface area contributed by atoms with Crippen molar-refractivity contribution in [1.82, 2.24) is 0 Å². The van der Waals surface area contributed by atoms with E-state index in [9.17, 15) is 14.7 Å². The van der Waals surface area contributed by atoms with Crippen molar-refractivity contribution in [2.24, 2.45) is 5.73 Å². The van der Waals surface area contributed by atoms with Crippen molar-refractivity contribution >= 4 is 17.5 Å². The van der Waals surface area contributed by atoms with Gasteiger partial charge in [0.25, 0.3) is 5.91 Å². The summed E-state index contributed by atoms with van der Waals surface area (Å²) in [5.41, 5.74) is 5.02. The van der Waals surface area contributed by atoms with Gasteiger partial charge in [0.15, 0.2) is 17.1 Å². The second-order valence-electron chi connectivity index (χ2n) is 5.50. The van der Waals surface area contributed by atoms with Crippen LogP contribution in [0, 0.1) is 0 Å². The topological polar surface area (TPSA) is 102 Å². The molecule has 22 heavy (non-hydrogen) atoms. The van der Waals surface area contributed by atoms with E-state index in [1.807, 2.05) is 6.92 Å². The van der Waals surface area contributed by atoms with Crippen LogP contribution in [0.15, 0.2) is 12.1 Å². The van der Waals surface area contributed by atoms with Crippen molar-refractivity contribution in [3.05, 3.63) is 17.7 Å². The molecule has 0 radical (unpaired) electrons. The Morgan fingerprint density at radius 1 is 1.45 bits per heavy atom. The normalized spacial score (nSPS) is 16.0. The fourth-order valence-electron chi connectivity index (χ4n) is 2.35. The number of rotatable bonds is 5. The Bertz CT molecular complexity index is 612. The number of amides is 2. The third-order valence-corrected chi connectivity index (χ3v) is 3.30. The number of hydrogen-bond donors (Lipinski definition) is 2. The number of nitrogens with two attached hydrogens (primary N) is 1. The standard InChI is InChI=1S/C15H20N2O5/c1-4-21-11-6-9(8-18)5-10-13(11)22-15(2,3)14(20)17(10)7-12(16)19/h5-6,18H,4,7-8H2,1-3H3,(H2,16,19). The summed E-state index contributed by atoms with van der Waals surface area (Å²) in [5, 5.41) is 9.38. The lowest BCUT2D eigenvalue weighted by Crippen LogP contribution is -2.54. The van der Waals surface area contributed by atoms with E-state index in [0.717, 1.165) is 0 Å². The minimum Gasteiger partial charge on any atom is -0.490 e. The van der Waals surface area contributed by atoms with Crippen LogP contribution in [-0.2, 0) is 16.2 Å². The van der Waals surface area contributed by atoms with Gasteiger partial charge in [-0.1, -0.05) is 0 Å². The maximum absolute atomic E-state index is 12.5. The number of carbonyl (C=O) groups is 2. The molecule has 1 aliphatic rings. The second kappa shape index (κ2) is 5.84. The van der Waals surface area contributed by atoms with Crippen LogP contribution < -0.4 is 20.1 Å². The smallest absolute Gasteiger partial charge is 0.271 e. The van der Waals surface area contributed by atoms with E-state index in [0.29, 0.717) is 29.4 Å². The van der Waals surface area contributed by atoms with Crippen LogP contribution >= 0.6 is 0 Å². The van der Waals surface area contributed by atoms with Crippen molar-refractivity contribution in [3.63, 3.8) is 0 Å². The molecule has 2 rings (SSSR count). The highest BCUT2D eigenvalue weighted by atomic mass is 16.5. The highest BCUT2D eigenvalue weighted by Gasteiger charge is 2.43. The number of primary amides is 1. The Kier molecular flexibility index (Phi) is 4.27. The molecule has 0 saturated heterocycles. The summed E-state index contributed by atoms with van der Waals surface area (Å²) >= 11 is 0. The molecule has 0 aliphatic carbocycles. The van der Waals surface area contributed by atoms with Gasteiger partial charge >= 0.3 is 0 Å². The maximum atomic E-state index is 12.5. The molecule has 1 aromatic carbocycles. The predicted octanol–water partition coefficient (Wildman–Crippen LogP) is 0.567.